The van der Waals surface area contributed by atoms with Gasteiger partial charge < -0.3 is 5.73 Å². The molecule has 1 heterocycles. The van der Waals surface area contributed by atoms with Crippen molar-refractivity contribution >= 4 is 15.8 Å². The van der Waals surface area contributed by atoms with Crippen molar-refractivity contribution in [1.82, 2.24) is 9.78 Å². The standard InChI is InChI=1S/C10H11N3O3S/c1-7-4-5-12-13(7)9-3-2-8(11)6-10(9)17(14,15)16/h2-6H,11H2,1H3,(H,14,15,16). The molecule has 0 aliphatic heterocycles. The van der Waals surface area contributed by atoms with E-state index in [4.69, 9.17) is 10.3 Å². The highest BCUT2D eigenvalue weighted by atomic mass is 32.2. The average Bonchev–Trinajstić information content (AvgIpc) is 2.63. The Bertz CT molecular complexity index is 661. The van der Waals surface area contributed by atoms with Crippen LogP contribution in [0.4, 0.5) is 5.69 Å². The summed E-state index contributed by atoms with van der Waals surface area (Å²) in [7, 11) is -4.34. The van der Waals surface area contributed by atoms with Gasteiger partial charge in [0.15, 0.2) is 0 Å². The molecule has 0 saturated carbocycles. The molecule has 2 aromatic rings. The second-order valence-electron chi connectivity index (χ2n) is 3.59. The number of anilines is 1. The molecule has 0 atom stereocenters. The fourth-order valence-electron chi connectivity index (χ4n) is 1.53. The maximum atomic E-state index is 11.3. The molecule has 0 radical (unpaired) electrons. The van der Waals surface area contributed by atoms with Crippen molar-refractivity contribution in [2.75, 3.05) is 5.73 Å². The van der Waals surface area contributed by atoms with Crippen LogP contribution in [0.15, 0.2) is 35.4 Å². The molecule has 0 aliphatic carbocycles. The number of aromatic nitrogens is 2. The Morgan fingerprint density at radius 3 is 2.59 bits per heavy atom. The second kappa shape index (κ2) is 3.86. The smallest absolute Gasteiger partial charge is 0.296 e. The Balaban J connectivity index is 2.76. The summed E-state index contributed by atoms with van der Waals surface area (Å²) in [6, 6.07) is 5.97. The van der Waals surface area contributed by atoms with Crippen LogP contribution < -0.4 is 5.73 Å². The van der Waals surface area contributed by atoms with Gasteiger partial charge in [0.2, 0.25) is 0 Å². The van der Waals surface area contributed by atoms with Crippen molar-refractivity contribution in [1.29, 1.82) is 0 Å². The third-order valence-electron chi connectivity index (χ3n) is 2.32. The zero-order valence-corrected chi connectivity index (χ0v) is 9.85. The summed E-state index contributed by atoms with van der Waals surface area (Å²) in [6.45, 7) is 1.77. The highest BCUT2D eigenvalue weighted by molar-refractivity contribution is 7.86. The lowest BCUT2D eigenvalue weighted by Gasteiger charge is -2.09. The molecule has 0 saturated heterocycles. The zero-order chi connectivity index (χ0) is 12.6. The van der Waals surface area contributed by atoms with Crippen LogP contribution in [0, 0.1) is 6.92 Å². The first kappa shape index (κ1) is 11.6. The lowest BCUT2D eigenvalue weighted by atomic mass is 10.3. The topological polar surface area (TPSA) is 98.2 Å². The Hall–Kier alpha value is -1.86. The number of benzene rings is 1. The van der Waals surface area contributed by atoms with Gasteiger partial charge in [-0.05, 0) is 31.2 Å². The molecule has 0 bridgehead atoms. The molecule has 0 amide bonds. The monoisotopic (exact) mass is 253 g/mol. The summed E-state index contributed by atoms with van der Waals surface area (Å²) >= 11 is 0. The molecular weight excluding hydrogens is 242 g/mol. The molecule has 3 N–H and O–H groups in total. The first-order valence-electron chi connectivity index (χ1n) is 4.77. The van der Waals surface area contributed by atoms with Crippen molar-refractivity contribution in [2.45, 2.75) is 11.8 Å². The van der Waals surface area contributed by atoms with E-state index in [1.807, 2.05) is 0 Å². The number of nitrogens with two attached hydrogens (primary N) is 1. The largest absolute Gasteiger partial charge is 0.399 e. The normalized spacial score (nSPS) is 11.6. The van der Waals surface area contributed by atoms with Crippen LogP contribution in [0.25, 0.3) is 5.69 Å². The van der Waals surface area contributed by atoms with Crippen molar-refractivity contribution in [3.05, 3.63) is 36.2 Å². The molecule has 6 nitrogen and oxygen atoms in total. The van der Waals surface area contributed by atoms with Crippen LogP contribution in [0.3, 0.4) is 0 Å². The van der Waals surface area contributed by atoms with E-state index in [1.165, 1.54) is 16.8 Å². The van der Waals surface area contributed by atoms with Crippen LogP contribution in [0.1, 0.15) is 5.69 Å². The van der Waals surface area contributed by atoms with Gasteiger partial charge in [0.05, 0.1) is 5.69 Å². The van der Waals surface area contributed by atoms with E-state index in [1.54, 1.807) is 25.3 Å². The first-order chi connectivity index (χ1) is 7.89. The summed E-state index contributed by atoms with van der Waals surface area (Å²) in [5, 5.41) is 3.99. The van der Waals surface area contributed by atoms with Gasteiger partial charge >= 0.3 is 0 Å². The minimum absolute atomic E-state index is 0.256. The van der Waals surface area contributed by atoms with Crippen LogP contribution in [0.5, 0.6) is 0 Å². The third-order valence-corrected chi connectivity index (χ3v) is 3.20. The maximum Gasteiger partial charge on any atom is 0.296 e. The van der Waals surface area contributed by atoms with Gasteiger partial charge in [-0.3, -0.25) is 4.55 Å². The predicted octanol–water partition coefficient (Wildman–Crippen LogP) is 1.01. The van der Waals surface area contributed by atoms with Crippen LogP contribution in [-0.4, -0.2) is 22.8 Å². The number of hydrogen-bond donors (Lipinski definition) is 2. The first-order valence-corrected chi connectivity index (χ1v) is 6.21. The molecule has 0 spiro atoms. The van der Waals surface area contributed by atoms with E-state index in [2.05, 4.69) is 5.10 Å². The van der Waals surface area contributed by atoms with E-state index in [0.717, 1.165) is 5.69 Å². The molecule has 0 fully saturated rings. The fourth-order valence-corrected chi connectivity index (χ4v) is 2.24. The Kier molecular flexibility index (Phi) is 2.64. The molecule has 17 heavy (non-hydrogen) atoms. The van der Waals surface area contributed by atoms with Crippen LogP contribution in [-0.2, 0) is 10.1 Å². The minimum atomic E-state index is -4.34. The molecule has 1 aromatic heterocycles. The summed E-state index contributed by atoms with van der Waals surface area (Å²) in [5.74, 6) is 0. The van der Waals surface area contributed by atoms with Crippen molar-refractivity contribution in [3.63, 3.8) is 0 Å². The van der Waals surface area contributed by atoms with Gasteiger partial charge in [0.25, 0.3) is 10.1 Å². The minimum Gasteiger partial charge on any atom is -0.399 e. The Labute approximate surface area is 98.4 Å². The lowest BCUT2D eigenvalue weighted by Crippen LogP contribution is -2.08. The second-order valence-corrected chi connectivity index (χ2v) is 4.98. The summed E-state index contributed by atoms with van der Waals surface area (Å²) in [6.07, 6.45) is 1.54. The number of hydrogen-bond acceptors (Lipinski definition) is 4. The van der Waals surface area contributed by atoms with E-state index < -0.39 is 10.1 Å². The molecule has 0 aliphatic rings. The zero-order valence-electron chi connectivity index (χ0n) is 9.03. The van der Waals surface area contributed by atoms with Gasteiger partial charge in [-0.15, -0.1) is 0 Å². The summed E-state index contributed by atoms with van der Waals surface area (Å²) < 4.78 is 33.1. The molecule has 2 rings (SSSR count). The van der Waals surface area contributed by atoms with Crippen molar-refractivity contribution in [3.8, 4) is 5.69 Å². The Morgan fingerprint density at radius 1 is 1.35 bits per heavy atom. The quantitative estimate of drug-likeness (QED) is 0.614. The van der Waals surface area contributed by atoms with Crippen molar-refractivity contribution < 1.29 is 13.0 Å². The number of rotatable bonds is 2. The molecule has 7 heteroatoms. The van der Waals surface area contributed by atoms with E-state index in [0.29, 0.717) is 0 Å². The lowest BCUT2D eigenvalue weighted by molar-refractivity contribution is 0.482. The van der Waals surface area contributed by atoms with Crippen LogP contribution >= 0.6 is 0 Å². The van der Waals surface area contributed by atoms with Crippen LogP contribution in [0.2, 0.25) is 0 Å². The number of nitrogens with zero attached hydrogens (tertiary/aromatic N) is 2. The van der Waals surface area contributed by atoms with Gasteiger partial charge in [-0.2, -0.15) is 13.5 Å². The van der Waals surface area contributed by atoms with Gasteiger partial charge in [-0.1, -0.05) is 0 Å². The number of aryl methyl sites for hydroxylation is 1. The number of nitrogen functional groups attached to an aromatic ring is 1. The molecule has 0 unspecified atom stereocenters. The van der Waals surface area contributed by atoms with Gasteiger partial charge in [0.1, 0.15) is 4.90 Å². The van der Waals surface area contributed by atoms with E-state index in [-0.39, 0.29) is 16.3 Å². The predicted molar refractivity (Wildman–Crippen MR) is 62.5 cm³/mol. The molecule has 90 valence electrons. The van der Waals surface area contributed by atoms with E-state index in [9.17, 15) is 8.42 Å². The fraction of sp³-hybridized carbons (Fsp3) is 0.100. The summed E-state index contributed by atoms with van der Waals surface area (Å²) in [5.41, 5.74) is 6.78. The van der Waals surface area contributed by atoms with Gasteiger partial charge in [0, 0.05) is 17.6 Å². The maximum absolute atomic E-state index is 11.3. The van der Waals surface area contributed by atoms with E-state index >= 15 is 0 Å². The van der Waals surface area contributed by atoms with Crippen molar-refractivity contribution in [2.24, 2.45) is 0 Å². The molecular formula is C10H11N3O3S. The highest BCUT2D eigenvalue weighted by Gasteiger charge is 2.18. The van der Waals surface area contributed by atoms with Gasteiger partial charge in [-0.25, -0.2) is 4.68 Å². The third kappa shape index (κ3) is 2.15. The highest BCUT2D eigenvalue weighted by Crippen LogP contribution is 2.23. The molecule has 1 aromatic carbocycles. The SMILES string of the molecule is Cc1ccnn1-c1ccc(N)cc1S(=O)(=O)O. The average molecular weight is 253 g/mol. The Morgan fingerprint density at radius 2 is 2.06 bits per heavy atom. The summed E-state index contributed by atoms with van der Waals surface area (Å²) in [4.78, 5) is -0.260.